The number of hydrogen-bond acceptors (Lipinski definition) is 2. The molecule has 0 aliphatic rings. The Labute approximate surface area is 108 Å². The normalized spacial score (nSPS) is 10.1. The minimum Gasteiger partial charge on any atom is -0.287 e. The molecule has 80 valence electrons. The molecule has 1 heterocycles. The first kappa shape index (κ1) is 11.3. The Balaban J connectivity index is 2.48. The molecule has 0 bridgehead atoms. The van der Waals surface area contributed by atoms with E-state index < -0.39 is 0 Å². The van der Waals surface area contributed by atoms with Gasteiger partial charge in [0.1, 0.15) is 5.69 Å². The third kappa shape index (κ3) is 2.14. The van der Waals surface area contributed by atoms with Gasteiger partial charge in [0.25, 0.3) is 0 Å². The highest BCUT2D eigenvalue weighted by atomic mass is 127. The Morgan fingerprint density at radius 3 is 2.62 bits per heavy atom. The molecule has 1 aromatic heterocycles. The summed E-state index contributed by atoms with van der Waals surface area (Å²) in [4.78, 5) is 16.4. The Bertz CT molecular complexity index is 489. The van der Waals surface area contributed by atoms with Crippen LogP contribution < -0.4 is 0 Å². The number of ketones is 1. The van der Waals surface area contributed by atoms with Crippen LogP contribution in [0.25, 0.3) is 0 Å². The van der Waals surface area contributed by atoms with Crippen LogP contribution in [0.1, 0.15) is 21.6 Å². The number of hydrogen-bond donors (Lipinski definition) is 0. The highest BCUT2D eigenvalue weighted by Gasteiger charge is 2.14. The highest BCUT2D eigenvalue weighted by molar-refractivity contribution is 14.1. The smallest absolute Gasteiger partial charge is 0.212 e. The van der Waals surface area contributed by atoms with E-state index in [2.05, 4.69) is 27.6 Å². The first-order valence-electron chi connectivity index (χ1n) is 4.91. The van der Waals surface area contributed by atoms with Crippen LogP contribution in [0.3, 0.4) is 0 Å². The fourth-order valence-corrected chi connectivity index (χ4v) is 2.13. The van der Waals surface area contributed by atoms with Gasteiger partial charge in [-0.05, 0) is 53.3 Å². The quantitative estimate of drug-likeness (QED) is 0.627. The third-order valence-corrected chi connectivity index (χ3v) is 3.28. The lowest BCUT2D eigenvalue weighted by molar-refractivity contribution is 0.103. The van der Waals surface area contributed by atoms with E-state index in [1.54, 1.807) is 6.20 Å². The lowest BCUT2D eigenvalue weighted by atomic mass is 10.0. The zero-order chi connectivity index (χ0) is 11.5. The molecular formula is C13H10INO. The van der Waals surface area contributed by atoms with E-state index >= 15 is 0 Å². The average Bonchev–Trinajstić information content (AvgIpc) is 2.29. The van der Waals surface area contributed by atoms with Crippen molar-refractivity contribution in [3.8, 4) is 0 Å². The van der Waals surface area contributed by atoms with Gasteiger partial charge in [-0.1, -0.05) is 18.2 Å². The van der Waals surface area contributed by atoms with Gasteiger partial charge < -0.3 is 0 Å². The molecular weight excluding hydrogens is 313 g/mol. The monoisotopic (exact) mass is 323 g/mol. The highest BCUT2D eigenvalue weighted by Crippen LogP contribution is 2.16. The molecule has 0 radical (unpaired) electrons. The molecule has 0 saturated heterocycles. The second-order valence-corrected chi connectivity index (χ2v) is 4.64. The molecule has 0 fully saturated rings. The van der Waals surface area contributed by atoms with Crippen molar-refractivity contribution in [3.63, 3.8) is 0 Å². The molecule has 16 heavy (non-hydrogen) atoms. The van der Waals surface area contributed by atoms with E-state index in [0.717, 1.165) is 9.13 Å². The molecule has 2 rings (SSSR count). The summed E-state index contributed by atoms with van der Waals surface area (Å²) in [5.74, 6) is -0.0110. The van der Waals surface area contributed by atoms with Gasteiger partial charge in [0.15, 0.2) is 0 Å². The Hall–Kier alpha value is -1.23. The molecule has 0 atom stereocenters. The predicted molar refractivity (Wildman–Crippen MR) is 71.6 cm³/mol. The SMILES string of the molecule is Cc1cccnc1C(=O)c1ccccc1I. The first-order chi connectivity index (χ1) is 7.70. The van der Waals surface area contributed by atoms with Crippen LogP contribution in [-0.2, 0) is 0 Å². The number of aromatic nitrogens is 1. The summed E-state index contributed by atoms with van der Waals surface area (Å²) in [6, 6.07) is 11.3. The van der Waals surface area contributed by atoms with Crippen molar-refractivity contribution in [1.82, 2.24) is 4.98 Å². The summed E-state index contributed by atoms with van der Waals surface area (Å²) in [6.07, 6.45) is 1.65. The molecule has 1 aromatic carbocycles. The Morgan fingerprint density at radius 1 is 1.19 bits per heavy atom. The summed E-state index contributed by atoms with van der Waals surface area (Å²) in [5.41, 5.74) is 2.16. The maximum Gasteiger partial charge on any atom is 0.212 e. The molecule has 2 aromatic rings. The lowest BCUT2D eigenvalue weighted by Gasteiger charge is -2.05. The van der Waals surface area contributed by atoms with Crippen LogP contribution in [0.4, 0.5) is 0 Å². The third-order valence-electron chi connectivity index (χ3n) is 2.34. The van der Waals surface area contributed by atoms with E-state index in [9.17, 15) is 4.79 Å². The van der Waals surface area contributed by atoms with E-state index in [-0.39, 0.29) is 5.78 Å². The van der Waals surface area contributed by atoms with Crippen LogP contribution >= 0.6 is 22.6 Å². The van der Waals surface area contributed by atoms with Crippen LogP contribution in [0.5, 0.6) is 0 Å². The Morgan fingerprint density at radius 2 is 1.94 bits per heavy atom. The summed E-state index contributed by atoms with van der Waals surface area (Å²) in [7, 11) is 0. The first-order valence-corrected chi connectivity index (χ1v) is 5.99. The predicted octanol–water partition coefficient (Wildman–Crippen LogP) is 3.23. The Kier molecular flexibility index (Phi) is 3.33. The summed E-state index contributed by atoms with van der Waals surface area (Å²) in [5, 5.41) is 0. The van der Waals surface area contributed by atoms with E-state index in [4.69, 9.17) is 0 Å². The molecule has 0 N–H and O–H groups in total. The average molecular weight is 323 g/mol. The number of aryl methyl sites for hydroxylation is 1. The zero-order valence-electron chi connectivity index (χ0n) is 8.77. The van der Waals surface area contributed by atoms with Gasteiger partial charge in [0, 0.05) is 15.3 Å². The van der Waals surface area contributed by atoms with E-state index in [1.165, 1.54) is 0 Å². The van der Waals surface area contributed by atoms with Gasteiger partial charge in [-0.25, -0.2) is 0 Å². The molecule has 2 nitrogen and oxygen atoms in total. The van der Waals surface area contributed by atoms with Crippen LogP contribution in [0, 0.1) is 10.5 Å². The number of carbonyl (C=O) groups excluding carboxylic acids is 1. The second kappa shape index (κ2) is 4.74. The van der Waals surface area contributed by atoms with Crippen LogP contribution in [0.15, 0.2) is 42.6 Å². The van der Waals surface area contributed by atoms with Gasteiger partial charge in [-0.3, -0.25) is 9.78 Å². The van der Waals surface area contributed by atoms with Crippen molar-refractivity contribution >= 4 is 28.4 Å². The van der Waals surface area contributed by atoms with Crippen molar-refractivity contribution in [2.45, 2.75) is 6.92 Å². The van der Waals surface area contributed by atoms with Crippen molar-refractivity contribution in [3.05, 3.63) is 63.0 Å². The summed E-state index contributed by atoms with van der Waals surface area (Å²) >= 11 is 2.17. The number of rotatable bonds is 2. The minimum absolute atomic E-state index is 0.0110. The number of carbonyl (C=O) groups is 1. The van der Waals surface area contributed by atoms with Gasteiger partial charge in [-0.2, -0.15) is 0 Å². The molecule has 0 saturated carbocycles. The van der Waals surface area contributed by atoms with Crippen molar-refractivity contribution < 1.29 is 4.79 Å². The molecule has 3 heteroatoms. The molecule has 0 amide bonds. The van der Waals surface area contributed by atoms with Crippen LogP contribution in [0.2, 0.25) is 0 Å². The van der Waals surface area contributed by atoms with Crippen molar-refractivity contribution in [1.29, 1.82) is 0 Å². The van der Waals surface area contributed by atoms with Crippen molar-refractivity contribution in [2.24, 2.45) is 0 Å². The maximum absolute atomic E-state index is 12.2. The molecule has 0 unspecified atom stereocenters. The zero-order valence-corrected chi connectivity index (χ0v) is 10.9. The number of halogens is 1. The number of benzene rings is 1. The van der Waals surface area contributed by atoms with E-state index in [1.807, 2.05) is 43.3 Å². The maximum atomic E-state index is 12.2. The van der Waals surface area contributed by atoms with Crippen molar-refractivity contribution in [2.75, 3.05) is 0 Å². The summed E-state index contributed by atoms with van der Waals surface area (Å²) in [6.45, 7) is 1.90. The fourth-order valence-electron chi connectivity index (χ4n) is 1.50. The number of nitrogens with zero attached hydrogens (tertiary/aromatic N) is 1. The molecule has 0 aliphatic heterocycles. The van der Waals surface area contributed by atoms with Crippen LogP contribution in [-0.4, -0.2) is 10.8 Å². The molecule has 0 aliphatic carbocycles. The second-order valence-electron chi connectivity index (χ2n) is 3.48. The van der Waals surface area contributed by atoms with Gasteiger partial charge >= 0.3 is 0 Å². The largest absolute Gasteiger partial charge is 0.287 e. The minimum atomic E-state index is -0.0110. The topological polar surface area (TPSA) is 30.0 Å². The van der Waals surface area contributed by atoms with Gasteiger partial charge in [0.05, 0.1) is 0 Å². The van der Waals surface area contributed by atoms with E-state index in [0.29, 0.717) is 11.3 Å². The molecule has 0 spiro atoms. The van der Waals surface area contributed by atoms with Gasteiger partial charge in [-0.15, -0.1) is 0 Å². The summed E-state index contributed by atoms with van der Waals surface area (Å²) < 4.78 is 0.954. The lowest BCUT2D eigenvalue weighted by Crippen LogP contribution is -2.07. The fraction of sp³-hybridized carbons (Fsp3) is 0.0769. The number of pyridine rings is 1. The standard InChI is InChI=1S/C13H10INO/c1-9-5-4-8-15-12(9)13(16)10-6-2-3-7-11(10)14/h2-8H,1H3. The van der Waals surface area contributed by atoms with Gasteiger partial charge in [0.2, 0.25) is 5.78 Å².